The summed E-state index contributed by atoms with van der Waals surface area (Å²) >= 11 is 0. The van der Waals surface area contributed by atoms with E-state index in [1.807, 2.05) is 0 Å². The molecule has 3 rings (SSSR count). The number of ether oxygens (including phenoxy) is 1. The molecule has 0 aromatic rings. The molecular formula is C17H33N3O. The van der Waals surface area contributed by atoms with E-state index in [2.05, 4.69) is 35.9 Å². The number of hydrogen-bond acceptors (Lipinski definition) is 4. The van der Waals surface area contributed by atoms with Crippen LogP contribution in [-0.4, -0.2) is 73.4 Å². The molecule has 1 N–H and O–H groups in total. The van der Waals surface area contributed by atoms with Crippen molar-refractivity contribution in [1.29, 1.82) is 0 Å². The largest absolute Gasteiger partial charge is 0.379 e. The van der Waals surface area contributed by atoms with Crippen molar-refractivity contribution >= 4 is 0 Å². The van der Waals surface area contributed by atoms with Gasteiger partial charge in [0.1, 0.15) is 0 Å². The summed E-state index contributed by atoms with van der Waals surface area (Å²) in [6, 6.07) is 1.62. The smallest absolute Gasteiger partial charge is 0.0594 e. The maximum atomic E-state index is 5.48. The van der Waals surface area contributed by atoms with Crippen LogP contribution in [0.2, 0.25) is 0 Å². The topological polar surface area (TPSA) is 27.7 Å². The Morgan fingerprint density at radius 3 is 2.38 bits per heavy atom. The molecule has 2 saturated heterocycles. The fourth-order valence-electron chi connectivity index (χ4n) is 4.02. The van der Waals surface area contributed by atoms with Gasteiger partial charge in [-0.2, -0.15) is 0 Å². The first kappa shape index (κ1) is 15.7. The van der Waals surface area contributed by atoms with Crippen molar-refractivity contribution in [2.75, 3.05) is 45.9 Å². The van der Waals surface area contributed by atoms with Gasteiger partial charge in [0.05, 0.1) is 13.2 Å². The second-order valence-electron chi connectivity index (χ2n) is 8.12. The normalized spacial score (nSPS) is 35.9. The average Bonchev–Trinajstić information content (AvgIpc) is 2.86. The van der Waals surface area contributed by atoms with Crippen LogP contribution in [0.15, 0.2) is 0 Å². The summed E-state index contributed by atoms with van der Waals surface area (Å²) in [5, 5.41) is 3.70. The summed E-state index contributed by atoms with van der Waals surface area (Å²) in [5.41, 5.74) is 0.251. The molecule has 3 aliphatic rings. The van der Waals surface area contributed by atoms with Gasteiger partial charge in [0.25, 0.3) is 0 Å². The van der Waals surface area contributed by atoms with Crippen molar-refractivity contribution in [2.24, 2.45) is 5.92 Å². The highest BCUT2D eigenvalue weighted by Crippen LogP contribution is 2.34. The standard InChI is InChI=1S/C17H33N3O/c1-17(2,3)18-12-14-4-5-16(14)20-7-6-15(13-20)19-8-10-21-11-9-19/h14-16,18H,4-13H2,1-3H3. The molecule has 0 aromatic heterocycles. The first-order valence-corrected chi connectivity index (χ1v) is 8.84. The predicted molar refractivity (Wildman–Crippen MR) is 86.6 cm³/mol. The molecule has 4 nitrogen and oxygen atoms in total. The summed E-state index contributed by atoms with van der Waals surface area (Å²) in [5.74, 6) is 0.868. The molecule has 0 aromatic carbocycles. The first-order chi connectivity index (χ1) is 10.0. The highest BCUT2D eigenvalue weighted by atomic mass is 16.5. The molecule has 1 aliphatic carbocycles. The molecule has 4 heteroatoms. The van der Waals surface area contributed by atoms with Gasteiger partial charge in [-0.3, -0.25) is 9.80 Å². The Balaban J connectivity index is 1.45. The van der Waals surface area contributed by atoms with Crippen LogP contribution in [0.4, 0.5) is 0 Å². The average molecular weight is 295 g/mol. The minimum atomic E-state index is 0.251. The number of hydrogen-bond donors (Lipinski definition) is 1. The molecule has 122 valence electrons. The lowest BCUT2D eigenvalue weighted by Crippen LogP contribution is -2.53. The molecule has 3 unspecified atom stereocenters. The minimum absolute atomic E-state index is 0.251. The number of nitrogens with zero attached hydrogens (tertiary/aromatic N) is 2. The zero-order chi connectivity index (χ0) is 14.9. The lowest BCUT2D eigenvalue weighted by Gasteiger charge is -2.44. The van der Waals surface area contributed by atoms with Crippen LogP contribution in [0.1, 0.15) is 40.0 Å². The van der Waals surface area contributed by atoms with Crippen LogP contribution in [0.3, 0.4) is 0 Å². The Morgan fingerprint density at radius 2 is 1.76 bits per heavy atom. The van der Waals surface area contributed by atoms with Gasteiger partial charge in [0.15, 0.2) is 0 Å². The monoisotopic (exact) mass is 295 g/mol. The van der Waals surface area contributed by atoms with E-state index < -0.39 is 0 Å². The van der Waals surface area contributed by atoms with Crippen molar-refractivity contribution in [3.63, 3.8) is 0 Å². The van der Waals surface area contributed by atoms with Gasteiger partial charge in [-0.25, -0.2) is 0 Å². The van der Waals surface area contributed by atoms with Crippen molar-refractivity contribution in [3.05, 3.63) is 0 Å². The zero-order valence-electron chi connectivity index (χ0n) is 14.1. The summed E-state index contributed by atoms with van der Waals surface area (Å²) in [4.78, 5) is 5.43. The molecule has 0 bridgehead atoms. The highest BCUT2D eigenvalue weighted by Gasteiger charge is 2.40. The van der Waals surface area contributed by atoms with E-state index in [9.17, 15) is 0 Å². The second kappa shape index (κ2) is 6.53. The number of nitrogens with one attached hydrogen (secondary N) is 1. The van der Waals surface area contributed by atoms with Crippen LogP contribution >= 0.6 is 0 Å². The minimum Gasteiger partial charge on any atom is -0.379 e. The third-order valence-electron chi connectivity index (χ3n) is 5.50. The molecule has 3 fully saturated rings. The Bertz CT molecular complexity index is 335. The van der Waals surface area contributed by atoms with Gasteiger partial charge in [0.2, 0.25) is 0 Å². The van der Waals surface area contributed by atoms with Crippen LogP contribution < -0.4 is 5.32 Å². The molecule has 21 heavy (non-hydrogen) atoms. The van der Waals surface area contributed by atoms with E-state index in [-0.39, 0.29) is 5.54 Å². The SMILES string of the molecule is CC(C)(C)NCC1CCC1N1CCC(N2CCOCC2)C1. The maximum absolute atomic E-state index is 5.48. The number of likely N-dealkylation sites (tertiary alicyclic amines) is 1. The van der Waals surface area contributed by atoms with E-state index in [0.717, 1.165) is 44.3 Å². The molecular weight excluding hydrogens is 262 g/mol. The quantitative estimate of drug-likeness (QED) is 0.852. The first-order valence-electron chi connectivity index (χ1n) is 8.84. The Hall–Kier alpha value is -0.160. The molecule has 3 atom stereocenters. The summed E-state index contributed by atoms with van der Waals surface area (Å²) in [6.07, 6.45) is 4.18. The molecule has 1 saturated carbocycles. The van der Waals surface area contributed by atoms with Crippen molar-refractivity contribution < 1.29 is 4.74 Å². The van der Waals surface area contributed by atoms with E-state index >= 15 is 0 Å². The van der Waals surface area contributed by atoms with Gasteiger partial charge in [-0.1, -0.05) is 0 Å². The van der Waals surface area contributed by atoms with Gasteiger partial charge in [-0.05, 0) is 52.5 Å². The highest BCUT2D eigenvalue weighted by molar-refractivity contribution is 4.96. The molecule has 0 radical (unpaired) electrons. The van der Waals surface area contributed by atoms with E-state index in [1.165, 1.54) is 38.9 Å². The lowest BCUT2D eigenvalue weighted by molar-refractivity contribution is 0.0131. The predicted octanol–water partition coefficient (Wildman–Crippen LogP) is 1.56. The van der Waals surface area contributed by atoms with E-state index in [1.54, 1.807) is 0 Å². The van der Waals surface area contributed by atoms with E-state index in [4.69, 9.17) is 4.74 Å². The van der Waals surface area contributed by atoms with Gasteiger partial charge >= 0.3 is 0 Å². The molecule has 0 spiro atoms. The molecule has 0 amide bonds. The number of rotatable bonds is 4. The fraction of sp³-hybridized carbons (Fsp3) is 1.00. The Morgan fingerprint density at radius 1 is 1.00 bits per heavy atom. The Labute approximate surface area is 130 Å². The van der Waals surface area contributed by atoms with Gasteiger partial charge < -0.3 is 10.1 Å². The number of morpholine rings is 1. The van der Waals surface area contributed by atoms with Gasteiger partial charge in [-0.15, -0.1) is 0 Å². The van der Waals surface area contributed by atoms with E-state index in [0.29, 0.717) is 0 Å². The third-order valence-corrected chi connectivity index (χ3v) is 5.50. The van der Waals surface area contributed by atoms with Crippen molar-refractivity contribution in [2.45, 2.75) is 57.7 Å². The van der Waals surface area contributed by atoms with Crippen LogP contribution in [0.25, 0.3) is 0 Å². The second-order valence-corrected chi connectivity index (χ2v) is 8.12. The third kappa shape index (κ3) is 3.98. The van der Waals surface area contributed by atoms with Crippen molar-refractivity contribution in [3.8, 4) is 0 Å². The lowest BCUT2D eigenvalue weighted by atomic mass is 9.78. The van der Waals surface area contributed by atoms with Crippen molar-refractivity contribution in [1.82, 2.24) is 15.1 Å². The molecule has 2 heterocycles. The summed E-state index contributed by atoms with van der Waals surface area (Å²) < 4.78 is 5.48. The van der Waals surface area contributed by atoms with Gasteiger partial charge in [0, 0.05) is 43.8 Å². The Kier molecular flexibility index (Phi) is 4.89. The summed E-state index contributed by atoms with van der Waals surface area (Å²) in [7, 11) is 0. The maximum Gasteiger partial charge on any atom is 0.0594 e. The zero-order valence-corrected chi connectivity index (χ0v) is 14.1. The van der Waals surface area contributed by atoms with Crippen LogP contribution in [-0.2, 0) is 4.74 Å². The fourth-order valence-corrected chi connectivity index (χ4v) is 4.02. The summed E-state index contributed by atoms with van der Waals surface area (Å²) in [6.45, 7) is 14.7. The van der Waals surface area contributed by atoms with Crippen LogP contribution in [0, 0.1) is 5.92 Å². The van der Waals surface area contributed by atoms with Crippen LogP contribution in [0.5, 0.6) is 0 Å². The molecule has 2 aliphatic heterocycles.